The lowest BCUT2D eigenvalue weighted by atomic mass is 10.3. The second kappa shape index (κ2) is 5.09. The third-order valence-electron chi connectivity index (χ3n) is 2.55. The summed E-state index contributed by atoms with van der Waals surface area (Å²) in [6.07, 6.45) is 0. The maximum Gasteiger partial charge on any atom is 0.0715 e. The molecule has 0 aliphatic carbocycles. The van der Waals surface area contributed by atoms with E-state index in [0.29, 0.717) is 24.1 Å². The lowest BCUT2D eigenvalue weighted by molar-refractivity contribution is 0.242. The van der Waals surface area contributed by atoms with Gasteiger partial charge in [-0.1, -0.05) is 0 Å². The average molecular weight is 220 g/mol. The summed E-state index contributed by atoms with van der Waals surface area (Å²) in [5.74, 6) is 1.32. The Morgan fingerprint density at radius 1 is 1.43 bits per heavy atom. The Labute approximate surface area is 86.5 Å². The predicted octanol–water partition coefficient (Wildman–Crippen LogP) is 0.171. The van der Waals surface area contributed by atoms with E-state index in [-0.39, 0.29) is 6.61 Å². The van der Waals surface area contributed by atoms with Crippen molar-refractivity contribution < 1.29 is 9.32 Å². The van der Waals surface area contributed by atoms with Crippen molar-refractivity contribution in [2.75, 3.05) is 37.7 Å². The summed E-state index contributed by atoms with van der Waals surface area (Å²) in [5.41, 5.74) is 0. The van der Waals surface area contributed by atoms with Crippen LogP contribution in [-0.2, 0) is 9.73 Å². The van der Waals surface area contributed by atoms with Crippen molar-refractivity contribution in [2.45, 2.75) is 19.9 Å². The molecule has 1 saturated heterocycles. The second-order valence-corrected chi connectivity index (χ2v) is 6.51. The van der Waals surface area contributed by atoms with Gasteiger partial charge in [0.05, 0.1) is 13.2 Å². The van der Waals surface area contributed by atoms with Gasteiger partial charge in [0.1, 0.15) is 0 Å². The fourth-order valence-corrected chi connectivity index (χ4v) is 3.50. The highest BCUT2D eigenvalue weighted by molar-refractivity contribution is 7.93. The summed E-state index contributed by atoms with van der Waals surface area (Å²) in [6.45, 7) is 6.36. The minimum atomic E-state index is -2.00. The SMILES string of the molecule is CC(C)N1CCS(=O)(=NCCO)CC1. The van der Waals surface area contributed by atoms with E-state index in [0.717, 1.165) is 13.1 Å². The molecule has 0 saturated carbocycles. The van der Waals surface area contributed by atoms with Crippen molar-refractivity contribution in [1.29, 1.82) is 0 Å². The molecule has 1 fully saturated rings. The maximum atomic E-state index is 12.0. The van der Waals surface area contributed by atoms with Crippen LogP contribution in [0.15, 0.2) is 4.36 Å². The first-order chi connectivity index (χ1) is 6.57. The van der Waals surface area contributed by atoms with E-state index in [1.54, 1.807) is 0 Å². The molecular formula is C9H20N2O2S. The summed E-state index contributed by atoms with van der Waals surface area (Å²) in [6, 6.07) is 0.525. The molecule has 84 valence electrons. The number of nitrogens with zero attached hydrogens (tertiary/aromatic N) is 2. The standard InChI is InChI=1S/C9H20N2O2S/c1-9(2)11-4-7-14(13,8-5-11)10-3-6-12/h9,12H,3-8H2,1-2H3. The van der Waals surface area contributed by atoms with Gasteiger partial charge in [-0.15, -0.1) is 0 Å². The molecule has 14 heavy (non-hydrogen) atoms. The van der Waals surface area contributed by atoms with Crippen molar-refractivity contribution in [3.05, 3.63) is 0 Å². The molecule has 0 radical (unpaired) electrons. The lowest BCUT2D eigenvalue weighted by Gasteiger charge is -2.31. The molecule has 0 aromatic heterocycles. The monoisotopic (exact) mass is 220 g/mol. The molecule has 0 atom stereocenters. The van der Waals surface area contributed by atoms with Crippen LogP contribution in [0.4, 0.5) is 0 Å². The summed E-state index contributed by atoms with van der Waals surface area (Å²) in [5, 5.41) is 8.62. The topological polar surface area (TPSA) is 52.9 Å². The fourth-order valence-electron chi connectivity index (χ4n) is 1.59. The van der Waals surface area contributed by atoms with Gasteiger partial charge in [-0.3, -0.25) is 4.90 Å². The Morgan fingerprint density at radius 2 is 2.00 bits per heavy atom. The smallest absolute Gasteiger partial charge is 0.0715 e. The molecule has 0 bridgehead atoms. The third-order valence-corrected chi connectivity index (χ3v) is 4.85. The van der Waals surface area contributed by atoms with Gasteiger partial charge >= 0.3 is 0 Å². The highest BCUT2D eigenvalue weighted by atomic mass is 32.2. The molecular weight excluding hydrogens is 200 g/mol. The molecule has 1 aliphatic heterocycles. The second-order valence-electron chi connectivity index (χ2n) is 3.89. The zero-order valence-corrected chi connectivity index (χ0v) is 9.79. The van der Waals surface area contributed by atoms with E-state index in [1.807, 2.05) is 0 Å². The minimum absolute atomic E-state index is 0.00485. The highest BCUT2D eigenvalue weighted by Gasteiger charge is 2.21. The van der Waals surface area contributed by atoms with Crippen LogP contribution < -0.4 is 0 Å². The van der Waals surface area contributed by atoms with E-state index in [4.69, 9.17) is 5.11 Å². The largest absolute Gasteiger partial charge is 0.394 e. The van der Waals surface area contributed by atoms with Gasteiger partial charge in [0.25, 0.3) is 0 Å². The van der Waals surface area contributed by atoms with Crippen LogP contribution in [0.25, 0.3) is 0 Å². The van der Waals surface area contributed by atoms with Gasteiger partial charge in [-0.2, -0.15) is 0 Å². The summed E-state index contributed by atoms with van der Waals surface area (Å²) < 4.78 is 16.1. The van der Waals surface area contributed by atoms with Crippen LogP contribution in [0.1, 0.15) is 13.8 Å². The number of aliphatic hydroxyl groups excluding tert-OH is 1. The normalized spacial score (nSPS) is 22.6. The zero-order chi connectivity index (χ0) is 10.6. The predicted molar refractivity (Wildman–Crippen MR) is 59.0 cm³/mol. The number of aliphatic hydroxyl groups is 1. The molecule has 1 N–H and O–H groups in total. The molecule has 1 heterocycles. The van der Waals surface area contributed by atoms with Crippen molar-refractivity contribution in [2.24, 2.45) is 4.36 Å². The first-order valence-corrected chi connectivity index (χ1v) is 6.96. The van der Waals surface area contributed by atoms with E-state index in [9.17, 15) is 4.21 Å². The molecule has 0 aromatic rings. The summed E-state index contributed by atoms with van der Waals surface area (Å²) in [4.78, 5) is 2.32. The highest BCUT2D eigenvalue weighted by Crippen LogP contribution is 2.09. The lowest BCUT2D eigenvalue weighted by Crippen LogP contribution is -2.43. The van der Waals surface area contributed by atoms with Gasteiger partial charge in [0.15, 0.2) is 0 Å². The van der Waals surface area contributed by atoms with Gasteiger partial charge in [-0.25, -0.2) is 8.57 Å². The van der Waals surface area contributed by atoms with E-state index >= 15 is 0 Å². The van der Waals surface area contributed by atoms with Crippen LogP contribution in [0, 0.1) is 0 Å². The molecule has 5 heteroatoms. The third kappa shape index (κ3) is 3.22. The van der Waals surface area contributed by atoms with Crippen molar-refractivity contribution in [3.63, 3.8) is 0 Å². The number of rotatable bonds is 3. The Hall–Kier alpha value is -0.130. The summed E-state index contributed by atoms with van der Waals surface area (Å²) in [7, 11) is -2.00. The van der Waals surface area contributed by atoms with Crippen LogP contribution >= 0.6 is 0 Å². The summed E-state index contributed by atoms with van der Waals surface area (Å²) >= 11 is 0. The van der Waals surface area contributed by atoms with Crippen molar-refractivity contribution in [3.8, 4) is 0 Å². The number of hydrogen-bond donors (Lipinski definition) is 1. The molecule has 1 rings (SSSR count). The van der Waals surface area contributed by atoms with Crippen molar-refractivity contribution >= 4 is 9.73 Å². The molecule has 0 amide bonds. The molecule has 1 aliphatic rings. The fraction of sp³-hybridized carbons (Fsp3) is 1.00. The van der Waals surface area contributed by atoms with Crippen LogP contribution in [-0.4, -0.2) is 58.0 Å². The maximum absolute atomic E-state index is 12.0. The van der Waals surface area contributed by atoms with Gasteiger partial charge < -0.3 is 5.11 Å². The van der Waals surface area contributed by atoms with Gasteiger partial charge in [-0.05, 0) is 13.8 Å². The van der Waals surface area contributed by atoms with Gasteiger partial charge in [0.2, 0.25) is 0 Å². The van der Waals surface area contributed by atoms with Gasteiger partial charge in [0, 0.05) is 40.4 Å². The van der Waals surface area contributed by atoms with Crippen LogP contribution in [0.3, 0.4) is 0 Å². The zero-order valence-electron chi connectivity index (χ0n) is 8.98. The van der Waals surface area contributed by atoms with E-state index < -0.39 is 9.73 Å². The molecule has 0 unspecified atom stereocenters. The average Bonchev–Trinajstić information content (AvgIpc) is 2.16. The number of hydrogen-bond acceptors (Lipinski definition) is 4. The Bertz CT molecular complexity index is 269. The van der Waals surface area contributed by atoms with Crippen LogP contribution in [0.5, 0.6) is 0 Å². The Kier molecular flexibility index (Phi) is 4.34. The first-order valence-electron chi connectivity index (χ1n) is 5.10. The molecule has 0 aromatic carbocycles. The Morgan fingerprint density at radius 3 is 2.43 bits per heavy atom. The minimum Gasteiger partial charge on any atom is -0.394 e. The first kappa shape index (κ1) is 11.9. The Balaban J connectivity index is 2.53. The molecule has 4 nitrogen and oxygen atoms in total. The van der Waals surface area contributed by atoms with Crippen molar-refractivity contribution in [1.82, 2.24) is 4.90 Å². The van der Waals surface area contributed by atoms with Crippen LogP contribution in [0.2, 0.25) is 0 Å². The quantitative estimate of drug-likeness (QED) is 0.738. The van der Waals surface area contributed by atoms with E-state index in [1.165, 1.54) is 0 Å². The molecule has 0 spiro atoms. The van der Waals surface area contributed by atoms with E-state index in [2.05, 4.69) is 23.1 Å².